The number of carbonyl (C=O) groups excluding carboxylic acids is 1. The summed E-state index contributed by atoms with van der Waals surface area (Å²) < 4.78 is 0. The van der Waals surface area contributed by atoms with Crippen LogP contribution in [0.5, 0.6) is 0 Å². The van der Waals surface area contributed by atoms with E-state index in [1.54, 1.807) is 13.1 Å². The molecule has 0 saturated heterocycles. The Bertz CT molecular complexity index is 999. The molecule has 27 heavy (non-hydrogen) atoms. The molecule has 1 atom stereocenters. The van der Waals surface area contributed by atoms with Crippen LogP contribution in [-0.2, 0) is 4.79 Å². The molecule has 1 N–H and O–H groups in total. The molecular weight excluding hydrogens is 340 g/mol. The number of aliphatic carboxylic acids is 1. The lowest BCUT2D eigenvalue weighted by molar-refractivity contribution is -0.138. The van der Waals surface area contributed by atoms with Gasteiger partial charge in [0.25, 0.3) is 5.91 Å². The number of hydrogen-bond acceptors (Lipinski definition) is 3. The molecule has 0 aliphatic rings. The molecule has 1 aromatic heterocycles. The predicted molar refractivity (Wildman–Crippen MR) is 105 cm³/mol. The molecule has 0 bridgehead atoms. The van der Waals surface area contributed by atoms with Crippen LogP contribution in [0, 0.1) is 13.8 Å². The molecule has 5 heteroatoms. The van der Waals surface area contributed by atoms with Crippen molar-refractivity contribution in [2.24, 2.45) is 0 Å². The van der Waals surface area contributed by atoms with Gasteiger partial charge in [0.15, 0.2) is 0 Å². The molecular formula is C22H22N2O3. The minimum absolute atomic E-state index is 0.159. The molecule has 1 amide bonds. The third-order valence-corrected chi connectivity index (χ3v) is 4.66. The third-order valence-electron chi connectivity index (χ3n) is 4.66. The van der Waals surface area contributed by atoms with E-state index in [4.69, 9.17) is 0 Å². The number of benzene rings is 2. The van der Waals surface area contributed by atoms with Crippen molar-refractivity contribution >= 4 is 22.8 Å². The van der Waals surface area contributed by atoms with E-state index >= 15 is 0 Å². The van der Waals surface area contributed by atoms with Gasteiger partial charge in [0.2, 0.25) is 0 Å². The smallest absolute Gasteiger partial charge is 0.305 e. The van der Waals surface area contributed by atoms with Gasteiger partial charge in [-0.25, -0.2) is 0 Å². The molecule has 0 unspecified atom stereocenters. The Morgan fingerprint density at radius 2 is 1.78 bits per heavy atom. The number of aryl methyl sites for hydroxylation is 2. The number of amides is 1. The Balaban J connectivity index is 2.06. The van der Waals surface area contributed by atoms with Gasteiger partial charge in [0, 0.05) is 18.1 Å². The standard InChI is InChI=1S/C22H22N2O3/c1-14-9-10-19-17(11-14)18(12-15(2)23-19)22(27)24(3)20(13-21(25)26)16-7-5-4-6-8-16/h4-12,20H,13H2,1-3H3,(H,25,26)/t20-/m1/s1. The number of hydrogen-bond donors (Lipinski definition) is 1. The summed E-state index contributed by atoms with van der Waals surface area (Å²) >= 11 is 0. The maximum Gasteiger partial charge on any atom is 0.305 e. The fourth-order valence-corrected chi connectivity index (χ4v) is 3.30. The summed E-state index contributed by atoms with van der Waals surface area (Å²) in [5, 5.41) is 10.1. The molecule has 0 aliphatic carbocycles. The van der Waals surface area contributed by atoms with Crippen molar-refractivity contribution in [1.29, 1.82) is 0 Å². The average molecular weight is 362 g/mol. The molecule has 5 nitrogen and oxygen atoms in total. The topological polar surface area (TPSA) is 70.5 Å². The second-order valence-corrected chi connectivity index (χ2v) is 6.77. The van der Waals surface area contributed by atoms with Crippen LogP contribution in [0.25, 0.3) is 10.9 Å². The van der Waals surface area contributed by atoms with Gasteiger partial charge >= 0.3 is 5.97 Å². The second kappa shape index (κ2) is 7.58. The van der Waals surface area contributed by atoms with Crippen molar-refractivity contribution < 1.29 is 14.7 Å². The van der Waals surface area contributed by atoms with Crippen LogP contribution in [0.2, 0.25) is 0 Å². The van der Waals surface area contributed by atoms with E-state index in [0.29, 0.717) is 5.56 Å². The molecule has 3 aromatic rings. The average Bonchev–Trinajstić information content (AvgIpc) is 2.65. The monoisotopic (exact) mass is 362 g/mol. The lowest BCUT2D eigenvalue weighted by atomic mass is 9.99. The Kier molecular flexibility index (Phi) is 5.21. The number of carbonyl (C=O) groups is 2. The zero-order chi connectivity index (χ0) is 19.6. The van der Waals surface area contributed by atoms with E-state index in [2.05, 4.69) is 4.98 Å². The number of carboxylic acids is 1. The molecule has 1 heterocycles. The largest absolute Gasteiger partial charge is 0.481 e. The summed E-state index contributed by atoms with van der Waals surface area (Å²) in [4.78, 5) is 30.8. The first-order chi connectivity index (χ1) is 12.9. The quantitative estimate of drug-likeness (QED) is 0.740. The van der Waals surface area contributed by atoms with Crippen LogP contribution in [0.3, 0.4) is 0 Å². The molecule has 0 saturated carbocycles. The van der Waals surface area contributed by atoms with Gasteiger partial charge in [-0.2, -0.15) is 0 Å². The van der Waals surface area contributed by atoms with Crippen molar-refractivity contribution in [2.45, 2.75) is 26.3 Å². The van der Waals surface area contributed by atoms with Gasteiger partial charge in [0.1, 0.15) is 0 Å². The van der Waals surface area contributed by atoms with Gasteiger partial charge < -0.3 is 10.0 Å². The van der Waals surface area contributed by atoms with Crippen molar-refractivity contribution in [1.82, 2.24) is 9.88 Å². The fraction of sp³-hybridized carbons (Fsp3) is 0.227. The number of carboxylic acid groups (broad SMARTS) is 1. The highest BCUT2D eigenvalue weighted by Gasteiger charge is 2.26. The summed E-state index contributed by atoms with van der Waals surface area (Å²) in [5.41, 5.74) is 3.87. The second-order valence-electron chi connectivity index (χ2n) is 6.77. The summed E-state index contributed by atoms with van der Waals surface area (Å²) in [6.45, 7) is 3.82. The Labute approximate surface area is 158 Å². The highest BCUT2D eigenvalue weighted by atomic mass is 16.4. The van der Waals surface area contributed by atoms with Gasteiger partial charge in [-0.05, 0) is 37.6 Å². The first-order valence-electron chi connectivity index (χ1n) is 8.78. The van der Waals surface area contributed by atoms with Crippen LogP contribution < -0.4 is 0 Å². The van der Waals surface area contributed by atoms with Gasteiger partial charge in [-0.15, -0.1) is 0 Å². The van der Waals surface area contributed by atoms with E-state index in [1.807, 2.05) is 62.4 Å². The van der Waals surface area contributed by atoms with Crippen LogP contribution in [0.15, 0.2) is 54.6 Å². The molecule has 0 aliphatic heterocycles. The number of aromatic nitrogens is 1. The molecule has 138 valence electrons. The summed E-state index contributed by atoms with van der Waals surface area (Å²) in [6, 6.07) is 16.3. The van der Waals surface area contributed by atoms with Crippen molar-refractivity contribution in [2.75, 3.05) is 7.05 Å². The summed E-state index contributed by atoms with van der Waals surface area (Å²) in [7, 11) is 1.65. The van der Waals surface area contributed by atoms with Crippen LogP contribution >= 0.6 is 0 Å². The normalized spacial score (nSPS) is 12.0. The van der Waals surface area contributed by atoms with E-state index < -0.39 is 12.0 Å². The first kappa shape index (κ1) is 18.6. The fourth-order valence-electron chi connectivity index (χ4n) is 3.30. The minimum Gasteiger partial charge on any atom is -0.481 e. The van der Waals surface area contributed by atoms with Gasteiger partial charge in [0.05, 0.1) is 23.5 Å². The van der Waals surface area contributed by atoms with E-state index in [9.17, 15) is 14.7 Å². The maximum atomic E-state index is 13.3. The van der Waals surface area contributed by atoms with Gasteiger partial charge in [-0.1, -0.05) is 42.0 Å². The molecule has 0 radical (unpaired) electrons. The van der Waals surface area contributed by atoms with E-state index in [-0.39, 0.29) is 12.3 Å². The summed E-state index contributed by atoms with van der Waals surface area (Å²) in [5.74, 6) is -1.17. The zero-order valence-electron chi connectivity index (χ0n) is 15.6. The van der Waals surface area contributed by atoms with Crippen molar-refractivity contribution in [3.63, 3.8) is 0 Å². The lowest BCUT2D eigenvalue weighted by Gasteiger charge is -2.28. The third kappa shape index (κ3) is 3.97. The Morgan fingerprint density at radius 1 is 1.07 bits per heavy atom. The number of fused-ring (bicyclic) bond motifs is 1. The number of nitrogens with zero attached hydrogens (tertiary/aromatic N) is 2. The number of pyridine rings is 1. The molecule has 3 rings (SSSR count). The lowest BCUT2D eigenvalue weighted by Crippen LogP contribution is -2.33. The van der Waals surface area contributed by atoms with Gasteiger partial charge in [-0.3, -0.25) is 14.6 Å². The Hall–Kier alpha value is -3.21. The highest BCUT2D eigenvalue weighted by Crippen LogP contribution is 2.27. The maximum absolute atomic E-state index is 13.3. The molecule has 0 spiro atoms. The molecule has 2 aromatic carbocycles. The summed E-state index contributed by atoms with van der Waals surface area (Å²) in [6.07, 6.45) is -0.159. The van der Waals surface area contributed by atoms with Crippen LogP contribution in [0.1, 0.15) is 39.6 Å². The van der Waals surface area contributed by atoms with E-state index in [1.165, 1.54) is 4.90 Å². The van der Waals surface area contributed by atoms with Crippen LogP contribution in [-0.4, -0.2) is 33.9 Å². The highest BCUT2D eigenvalue weighted by molar-refractivity contribution is 6.06. The van der Waals surface area contributed by atoms with Crippen molar-refractivity contribution in [3.05, 3.63) is 77.0 Å². The Morgan fingerprint density at radius 3 is 2.44 bits per heavy atom. The SMILES string of the molecule is Cc1ccc2nc(C)cc(C(=O)N(C)[C@H](CC(=O)O)c3ccccc3)c2c1. The first-order valence-corrected chi connectivity index (χ1v) is 8.78. The zero-order valence-corrected chi connectivity index (χ0v) is 15.6. The minimum atomic E-state index is -0.949. The van der Waals surface area contributed by atoms with Crippen molar-refractivity contribution in [3.8, 4) is 0 Å². The number of rotatable bonds is 5. The predicted octanol–water partition coefficient (Wildman–Crippen LogP) is 4.14. The molecule has 0 fully saturated rings. The van der Waals surface area contributed by atoms with E-state index in [0.717, 1.165) is 27.7 Å². The van der Waals surface area contributed by atoms with Crippen LogP contribution in [0.4, 0.5) is 0 Å².